The lowest BCUT2D eigenvalue weighted by Gasteiger charge is -2.10. The molecular formula is C14H16Br2N2O. The molecule has 2 aliphatic carbocycles. The highest BCUT2D eigenvalue weighted by molar-refractivity contribution is 9.11. The molecule has 0 saturated heterocycles. The van der Waals surface area contributed by atoms with E-state index in [1.165, 1.54) is 25.7 Å². The normalized spacial score (nSPS) is 28.6. The molecule has 0 spiro atoms. The lowest BCUT2D eigenvalue weighted by molar-refractivity contribution is -0.117. The molecule has 3 rings (SSSR count). The molecule has 3 N–H and O–H groups in total. The van der Waals surface area contributed by atoms with Gasteiger partial charge in [-0.05, 0) is 68.7 Å². The molecule has 2 atom stereocenters. The van der Waals surface area contributed by atoms with Gasteiger partial charge in [-0.15, -0.1) is 0 Å². The third-order valence-corrected chi connectivity index (χ3v) is 5.52. The van der Waals surface area contributed by atoms with E-state index in [0.29, 0.717) is 17.5 Å². The molecular weight excluding hydrogens is 372 g/mol. The maximum absolute atomic E-state index is 12.3. The minimum absolute atomic E-state index is 0.156. The maximum Gasteiger partial charge on any atom is 0.228 e. The second-order valence-corrected chi connectivity index (χ2v) is 7.20. The summed E-state index contributed by atoms with van der Waals surface area (Å²) in [6, 6.07) is 3.61. The van der Waals surface area contributed by atoms with E-state index in [2.05, 4.69) is 37.2 Å². The van der Waals surface area contributed by atoms with Crippen LogP contribution >= 0.6 is 31.9 Å². The maximum atomic E-state index is 12.3. The lowest BCUT2D eigenvalue weighted by Crippen LogP contribution is -2.16. The fourth-order valence-corrected chi connectivity index (χ4v) is 4.72. The highest BCUT2D eigenvalue weighted by Crippen LogP contribution is 2.55. The minimum atomic E-state index is 0.156. The van der Waals surface area contributed by atoms with Gasteiger partial charge >= 0.3 is 0 Å². The first kappa shape index (κ1) is 13.4. The molecule has 2 unspecified atom stereocenters. The lowest BCUT2D eigenvalue weighted by atomic mass is 10.0. The van der Waals surface area contributed by atoms with E-state index in [1.54, 1.807) is 12.1 Å². The Hall–Kier alpha value is -0.550. The van der Waals surface area contributed by atoms with Crippen LogP contribution in [0.5, 0.6) is 0 Å². The van der Waals surface area contributed by atoms with Crippen molar-refractivity contribution in [1.29, 1.82) is 0 Å². The molecule has 5 heteroatoms. The molecule has 19 heavy (non-hydrogen) atoms. The zero-order valence-electron chi connectivity index (χ0n) is 10.5. The van der Waals surface area contributed by atoms with Crippen LogP contribution < -0.4 is 11.1 Å². The zero-order valence-corrected chi connectivity index (χ0v) is 13.6. The third-order valence-electron chi connectivity index (χ3n) is 4.27. The Morgan fingerprint density at radius 3 is 2.21 bits per heavy atom. The molecule has 1 aromatic carbocycles. The first-order valence-electron chi connectivity index (χ1n) is 6.63. The first-order chi connectivity index (χ1) is 9.08. The highest BCUT2D eigenvalue weighted by atomic mass is 79.9. The van der Waals surface area contributed by atoms with Crippen LogP contribution in [0.25, 0.3) is 0 Å². The summed E-state index contributed by atoms with van der Waals surface area (Å²) < 4.78 is 1.63. The van der Waals surface area contributed by atoms with Crippen LogP contribution in [0.1, 0.15) is 25.7 Å². The van der Waals surface area contributed by atoms with Crippen molar-refractivity contribution in [1.82, 2.24) is 0 Å². The average molecular weight is 388 g/mol. The van der Waals surface area contributed by atoms with E-state index in [9.17, 15) is 4.79 Å². The Kier molecular flexibility index (Phi) is 3.60. The standard InChI is InChI=1S/C14H16Br2N2O/c15-10-5-7(17)6-11(16)13(10)18-14(19)12-8-3-1-2-4-9(8)12/h5-6,8-9,12H,1-4,17H2,(H,18,19). The van der Waals surface area contributed by atoms with Crippen molar-refractivity contribution >= 4 is 49.1 Å². The summed E-state index contributed by atoms with van der Waals surface area (Å²) in [6.07, 6.45) is 4.99. The number of hydrogen-bond acceptors (Lipinski definition) is 2. The number of nitrogens with two attached hydrogens (primary N) is 1. The van der Waals surface area contributed by atoms with Crippen molar-refractivity contribution in [3.63, 3.8) is 0 Å². The average Bonchev–Trinajstić information content (AvgIpc) is 3.07. The highest BCUT2D eigenvalue weighted by Gasteiger charge is 2.54. The molecule has 1 aromatic rings. The van der Waals surface area contributed by atoms with Gasteiger partial charge in [-0.1, -0.05) is 12.8 Å². The third kappa shape index (κ3) is 2.55. The summed E-state index contributed by atoms with van der Waals surface area (Å²) >= 11 is 6.90. The van der Waals surface area contributed by atoms with Gasteiger partial charge in [0.25, 0.3) is 0 Å². The van der Waals surface area contributed by atoms with Crippen LogP contribution in [-0.2, 0) is 4.79 Å². The summed E-state index contributed by atoms with van der Waals surface area (Å²) in [4.78, 5) is 12.3. The van der Waals surface area contributed by atoms with Crippen LogP contribution in [0.4, 0.5) is 11.4 Å². The molecule has 0 bridgehead atoms. The van der Waals surface area contributed by atoms with Crippen molar-refractivity contribution in [2.24, 2.45) is 17.8 Å². The molecule has 0 aromatic heterocycles. The summed E-state index contributed by atoms with van der Waals surface area (Å²) in [5.41, 5.74) is 7.20. The van der Waals surface area contributed by atoms with Crippen LogP contribution in [0, 0.1) is 17.8 Å². The Morgan fingerprint density at radius 2 is 1.68 bits per heavy atom. The van der Waals surface area contributed by atoms with Crippen molar-refractivity contribution in [3.05, 3.63) is 21.1 Å². The SMILES string of the molecule is Nc1cc(Br)c(NC(=O)C2C3CCCCC32)c(Br)c1. The van der Waals surface area contributed by atoms with E-state index in [4.69, 9.17) is 5.73 Å². The van der Waals surface area contributed by atoms with Gasteiger partial charge < -0.3 is 11.1 Å². The van der Waals surface area contributed by atoms with Gasteiger partial charge in [-0.25, -0.2) is 0 Å². The number of benzene rings is 1. The van der Waals surface area contributed by atoms with Crippen LogP contribution in [0.15, 0.2) is 21.1 Å². The predicted molar refractivity (Wildman–Crippen MR) is 83.8 cm³/mol. The number of nitrogen functional groups attached to an aromatic ring is 1. The summed E-state index contributed by atoms with van der Waals surface area (Å²) in [6.45, 7) is 0. The quantitative estimate of drug-likeness (QED) is 0.748. The molecule has 2 aliphatic rings. The number of halogens is 2. The van der Waals surface area contributed by atoms with Crippen molar-refractivity contribution in [2.45, 2.75) is 25.7 Å². The number of carbonyl (C=O) groups is 1. The number of nitrogens with one attached hydrogen (secondary N) is 1. The molecule has 0 radical (unpaired) electrons. The number of hydrogen-bond donors (Lipinski definition) is 2. The van der Waals surface area contributed by atoms with E-state index in [0.717, 1.165) is 14.6 Å². The van der Waals surface area contributed by atoms with E-state index >= 15 is 0 Å². The molecule has 102 valence electrons. The van der Waals surface area contributed by atoms with Gasteiger partial charge in [0.05, 0.1) is 5.69 Å². The van der Waals surface area contributed by atoms with Gasteiger partial charge in [0.1, 0.15) is 0 Å². The van der Waals surface area contributed by atoms with E-state index in [1.807, 2.05) is 0 Å². The van der Waals surface area contributed by atoms with Crippen LogP contribution in [-0.4, -0.2) is 5.91 Å². The topological polar surface area (TPSA) is 55.1 Å². The van der Waals surface area contributed by atoms with Gasteiger partial charge in [0, 0.05) is 20.6 Å². The fraction of sp³-hybridized carbons (Fsp3) is 0.500. The van der Waals surface area contributed by atoms with Crippen LogP contribution in [0.2, 0.25) is 0 Å². The monoisotopic (exact) mass is 386 g/mol. The molecule has 3 nitrogen and oxygen atoms in total. The summed E-state index contributed by atoms with van der Waals surface area (Å²) in [5.74, 6) is 1.63. The largest absolute Gasteiger partial charge is 0.399 e. The van der Waals surface area contributed by atoms with Gasteiger partial charge in [-0.3, -0.25) is 4.79 Å². The molecule has 2 saturated carbocycles. The Labute approximate surface area is 129 Å². The number of fused-ring (bicyclic) bond motifs is 1. The minimum Gasteiger partial charge on any atom is -0.399 e. The number of carbonyl (C=O) groups excluding carboxylic acids is 1. The Balaban J connectivity index is 1.74. The summed E-state index contributed by atoms with van der Waals surface area (Å²) in [7, 11) is 0. The second kappa shape index (κ2) is 5.09. The second-order valence-electron chi connectivity index (χ2n) is 5.49. The Morgan fingerprint density at radius 1 is 1.16 bits per heavy atom. The predicted octanol–water partition coefficient (Wildman–Crippen LogP) is 4.17. The van der Waals surface area contributed by atoms with Gasteiger partial charge in [0.2, 0.25) is 5.91 Å². The molecule has 0 aliphatic heterocycles. The van der Waals surface area contributed by atoms with E-state index in [-0.39, 0.29) is 11.8 Å². The smallest absolute Gasteiger partial charge is 0.228 e. The molecule has 1 amide bonds. The molecule has 0 heterocycles. The van der Waals surface area contributed by atoms with Crippen LogP contribution in [0.3, 0.4) is 0 Å². The first-order valence-corrected chi connectivity index (χ1v) is 8.22. The Bertz CT molecular complexity index is 497. The fourth-order valence-electron chi connectivity index (χ4n) is 3.30. The zero-order chi connectivity index (χ0) is 13.6. The van der Waals surface area contributed by atoms with Crippen molar-refractivity contribution < 1.29 is 4.79 Å². The van der Waals surface area contributed by atoms with E-state index < -0.39 is 0 Å². The van der Waals surface area contributed by atoms with Crippen molar-refractivity contribution in [2.75, 3.05) is 11.1 Å². The number of amides is 1. The summed E-state index contributed by atoms with van der Waals surface area (Å²) in [5, 5.41) is 3.04. The van der Waals surface area contributed by atoms with Crippen molar-refractivity contribution in [3.8, 4) is 0 Å². The number of rotatable bonds is 2. The van der Waals surface area contributed by atoms with Gasteiger partial charge in [0.15, 0.2) is 0 Å². The van der Waals surface area contributed by atoms with Gasteiger partial charge in [-0.2, -0.15) is 0 Å². The molecule has 2 fully saturated rings. The number of anilines is 2.